The van der Waals surface area contributed by atoms with Crippen LogP contribution >= 0.6 is 0 Å². The smallest absolute Gasteiger partial charge is 0.359 e. The molecule has 0 aliphatic rings. The predicted octanol–water partition coefficient (Wildman–Crippen LogP) is 2.22. The van der Waals surface area contributed by atoms with Gasteiger partial charge in [-0.05, 0) is 23.3 Å². The highest BCUT2D eigenvalue weighted by Gasteiger charge is 2.09. The molecule has 0 aliphatic heterocycles. The van der Waals surface area contributed by atoms with E-state index in [2.05, 4.69) is 11.5 Å². The average molecular weight is 268 g/mol. The zero-order valence-electron chi connectivity index (χ0n) is 9.92. The molecule has 102 valence electrons. The van der Waals surface area contributed by atoms with Crippen LogP contribution in [-0.4, -0.2) is 16.4 Å². The van der Waals surface area contributed by atoms with E-state index in [1.54, 1.807) is 12.1 Å². The highest BCUT2D eigenvalue weighted by Crippen LogP contribution is 2.30. The largest absolute Gasteiger partial charge is 0.504 e. The molecule has 0 spiro atoms. The third-order valence-corrected chi connectivity index (χ3v) is 2.08. The summed E-state index contributed by atoms with van der Waals surface area (Å²) in [6, 6.07) is 14.5. The summed E-state index contributed by atoms with van der Waals surface area (Å²) < 4.78 is 21.2. The SMILES string of the molecule is NC(N)(F)F.Oc1ccc(-c2ccccc2)cc1O. The number of hydrogen-bond donors (Lipinski definition) is 4. The Kier molecular flexibility index (Phi) is 4.80. The maximum Gasteiger partial charge on any atom is 0.359 e. The Morgan fingerprint density at radius 3 is 1.79 bits per heavy atom. The predicted molar refractivity (Wildman–Crippen MR) is 68.5 cm³/mol. The van der Waals surface area contributed by atoms with Crippen molar-refractivity contribution in [1.29, 1.82) is 0 Å². The van der Waals surface area contributed by atoms with Crippen LogP contribution in [-0.2, 0) is 0 Å². The van der Waals surface area contributed by atoms with Crippen molar-refractivity contribution in [2.45, 2.75) is 6.17 Å². The Morgan fingerprint density at radius 1 is 0.789 bits per heavy atom. The van der Waals surface area contributed by atoms with E-state index >= 15 is 0 Å². The average Bonchev–Trinajstić information content (AvgIpc) is 2.32. The second-order valence-electron chi connectivity index (χ2n) is 3.74. The van der Waals surface area contributed by atoms with Crippen LogP contribution < -0.4 is 11.5 Å². The van der Waals surface area contributed by atoms with E-state index in [0.717, 1.165) is 11.1 Å². The van der Waals surface area contributed by atoms with Crippen LogP contribution in [0.15, 0.2) is 48.5 Å². The maximum atomic E-state index is 10.6. The molecule has 4 nitrogen and oxygen atoms in total. The molecule has 0 amide bonds. The molecule has 0 saturated heterocycles. The third-order valence-electron chi connectivity index (χ3n) is 2.08. The van der Waals surface area contributed by atoms with E-state index in [4.69, 9.17) is 5.11 Å². The minimum atomic E-state index is -3.50. The molecule has 0 atom stereocenters. The van der Waals surface area contributed by atoms with Crippen LogP contribution in [0.4, 0.5) is 8.78 Å². The molecule has 0 bridgehead atoms. The van der Waals surface area contributed by atoms with Gasteiger partial charge in [0.1, 0.15) is 0 Å². The van der Waals surface area contributed by atoms with Crippen molar-refractivity contribution in [2.24, 2.45) is 11.5 Å². The summed E-state index contributed by atoms with van der Waals surface area (Å²) >= 11 is 0. The lowest BCUT2D eigenvalue weighted by molar-refractivity contribution is 0.0155. The van der Waals surface area contributed by atoms with Crippen LogP contribution in [0.5, 0.6) is 11.5 Å². The standard InChI is InChI=1S/C12H10O2.CH4F2N2/c13-11-7-6-10(8-12(11)14)9-4-2-1-3-5-9;2-1(3,4)5/h1-8,13-14H;4-5H2. The molecule has 2 aromatic rings. The number of phenolic OH excluding ortho intramolecular Hbond substituents is 2. The molecule has 2 rings (SSSR count). The van der Waals surface area contributed by atoms with Crippen molar-refractivity contribution in [1.82, 2.24) is 0 Å². The van der Waals surface area contributed by atoms with Gasteiger partial charge in [0, 0.05) is 0 Å². The molecule has 0 aliphatic carbocycles. The van der Waals surface area contributed by atoms with E-state index in [-0.39, 0.29) is 11.5 Å². The Bertz CT molecular complexity index is 522. The van der Waals surface area contributed by atoms with Gasteiger partial charge in [-0.2, -0.15) is 8.78 Å². The summed E-state index contributed by atoms with van der Waals surface area (Å²) in [6.07, 6.45) is -3.50. The molecule has 0 fully saturated rings. The van der Waals surface area contributed by atoms with Gasteiger partial charge < -0.3 is 10.2 Å². The minimum Gasteiger partial charge on any atom is -0.504 e. The van der Waals surface area contributed by atoms with Gasteiger partial charge in [0.25, 0.3) is 0 Å². The first-order valence-corrected chi connectivity index (χ1v) is 5.30. The molecule has 6 N–H and O–H groups in total. The molecule has 0 radical (unpaired) electrons. The van der Waals surface area contributed by atoms with Crippen molar-refractivity contribution >= 4 is 0 Å². The number of halogens is 2. The van der Waals surface area contributed by atoms with Gasteiger partial charge in [-0.1, -0.05) is 36.4 Å². The van der Waals surface area contributed by atoms with E-state index in [0.29, 0.717) is 0 Å². The lowest BCUT2D eigenvalue weighted by Gasteiger charge is -2.02. The number of hydrogen-bond acceptors (Lipinski definition) is 4. The van der Waals surface area contributed by atoms with Gasteiger partial charge in [0.15, 0.2) is 11.5 Å². The van der Waals surface area contributed by atoms with E-state index in [1.165, 1.54) is 6.07 Å². The van der Waals surface area contributed by atoms with Crippen LogP contribution in [0.25, 0.3) is 11.1 Å². The molecule has 0 aromatic heterocycles. The highest BCUT2D eigenvalue weighted by atomic mass is 19.3. The van der Waals surface area contributed by atoms with Gasteiger partial charge >= 0.3 is 6.17 Å². The van der Waals surface area contributed by atoms with E-state index in [9.17, 15) is 13.9 Å². The van der Waals surface area contributed by atoms with Gasteiger partial charge in [-0.3, -0.25) is 11.5 Å². The van der Waals surface area contributed by atoms with E-state index in [1.807, 2.05) is 30.3 Å². The number of benzene rings is 2. The Morgan fingerprint density at radius 2 is 1.32 bits per heavy atom. The molecular formula is C13H14F2N2O2. The summed E-state index contributed by atoms with van der Waals surface area (Å²) in [5.41, 5.74) is 9.50. The number of alkyl halides is 2. The normalized spacial score (nSPS) is 10.5. The first kappa shape index (κ1) is 14.9. The number of phenols is 2. The van der Waals surface area contributed by atoms with Gasteiger partial charge in [0.05, 0.1) is 0 Å². The van der Waals surface area contributed by atoms with E-state index < -0.39 is 6.17 Å². The Balaban J connectivity index is 0.000000312. The summed E-state index contributed by atoms with van der Waals surface area (Å²) in [5.74, 6) is -0.184. The van der Waals surface area contributed by atoms with Crippen molar-refractivity contribution in [3.05, 3.63) is 48.5 Å². The van der Waals surface area contributed by atoms with Crippen LogP contribution in [0.3, 0.4) is 0 Å². The van der Waals surface area contributed by atoms with Crippen molar-refractivity contribution < 1.29 is 19.0 Å². The Labute approximate surface area is 108 Å². The summed E-state index contributed by atoms with van der Waals surface area (Å²) in [7, 11) is 0. The monoisotopic (exact) mass is 268 g/mol. The number of rotatable bonds is 1. The first-order valence-electron chi connectivity index (χ1n) is 5.30. The van der Waals surface area contributed by atoms with Crippen molar-refractivity contribution in [3.8, 4) is 22.6 Å². The number of nitrogens with two attached hydrogens (primary N) is 2. The van der Waals surface area contributed by atoms with Crippen molar-refractivity contribution in [2.75, 3.05) is 0 Å². The van der Waals surface area contributed by atoms with Crippen LogP contribution in [0.2, 0.25) is 0 Å². The maximum absolute atomic E-state index is 10.6. The zero-order valence-corrected chi connectivity index (χ0v) is 9.92. The molecular weight excluding hydrogens is 254 g/mol. The lowest BCUT2D eigenvalue weighted by atomic mass is 10.1. The van der Waals surface area contributed by atoms with Gasteiger partial charge in [-0.25, -0.2) is 0 Å². The highest BCUT2D eigenvalue weighted by molar-refractivity contribution is 5.66. The molecule has 2 aromatic carbocycles. The van der Waals surface area contributed by atoms with Crippen LogP contribution in [0.1, 0.15) is 0 Å². The fourth-order valence-corrected chi connectivity index (χ4v) is 1.33. The molecule has 0 heterocycles. The molecule has 0 saturated carbocycles. The minimum absolute atomic E-state index is 0.0913. The first-order chi connectivity index (χ1) is 8.77. The zero-order chi connectivity index (χ0) is 14.5. The number of aromatic hydroxyl groups is 2. The second-order valence-corrected chi connectivity index (χ2v) is 3.74. The van der Waals surface area contributed by atoms with Crippen LogP contribution in [0, 0.1) is 0 Å². The fourth-order valence-electron chi connectivity index (χ4n) is 1.33. The lowest BCUT2D eigenvalue weighted by Crippen LogP contribution is -2.38. The quantitative estimate of drug-likeness (QED) is 0.362. The van der Waals surface area contributed by atoms with Gasteiger partial charge in [-0.15, -0.1) is 0 Å². The third kappa shape index (κ3) is 5.80. The summed E-state index contributed by atoms with van der Waals surface area (Å²) in [6.45, 7) is 0. The second kappa shape index (κ2) is 6.12. The fraction of sp³-hybridized carbons (Fsp3) is 0.0769. The summed E-state index contributed by atoms with van der Waals surface area (Å²) in [5, 5.41) is 18.5. The molecule has 6 heteroatoms. The topological polar surface area (TPSA) is 92.5 Å². The molecule has 0 unspecified atom stereocenters. The Hall–Kier alpha value is -2.18. The van der Waals surface area contributed by atoms with Gasteiger partial charge in [0.2, 0.25) is 0 Å². The molecule has 19 heavy (non-hydrogen) atoms. The summed E-state index contributed by atoms with van der Waals surface area (Å²) in [4.78, 5) is 0. The van der Waals surface area contributed by atoms with Crippen molar-refractivity contribution in [3.63, 3.8) is 0 Å².